The number of anilines is 2. The molecule has 1 amide bonds. The number of hydrogen-bond acceptors (Lipinski definition) is 5. The van der Waals surface area contributed by atoms with E-state index in [9.17, 15) is 9.59 Å². The first-order valence-corrected chi connectivity index (χ1v) is 12.7. The first-order chi connectivity index (χ1) is 17.9. The Hall–Kier alpha value is -4.06. The number of para-hydroxylation sites is 2. The molecule has 5 rings (SSSR count). The van der Waals surface area contributed by atoms with E-state index in [0.717, 1.165) is 33.8 Å². The normalized spacial score (nSPS) is 18.9. The van der Waals surface area contributed by atoms with Crippen LogP contribution in [0.3, 0.4) is 0 Å². The Bertz CT molecular complexity index is 1380. The fraction of sp³-hybridized carbons (Fsp3) is 0.290. The minimum Gasteiger partial charge on any atom is -0.493 e. The van der Waals surface area contributed by atoms with Gasteiger partial charge in [-0.05, 0) is 54.7 Å². The Morgan fingerprint density at radius 1 is 0.946 bits per heavy atom. The monoisotopic (exact) mass is 496 g/mol. The molecule has 3 aromatic rings. The topological polar surface area (TPSA) is 67.9 Å². The second-order valence-electron chi connectivity index (χ2n) is 9.61. The fourth-order valence-electron chi connectivity index (χ4n) is 5.44. The minimum absolute atomic E-state index is 0.0246. The van der Waals surface area contributed by atoms with Crippen molar-refractivity contribution in [3.8, 4) is 11.5 Å². The first kappa shape index (κ1) is 24.6. The number of fused-ring (bicyclic) bond motifs is 1. The summed E-state index contributed by atoms with van der Waals surface area (Å²) in [5, 5.41) is 3.57. The molecule has 0 unspecified atom stereocenters. The van der Waals surface area contributed by atoms with Gasteiger partial charge in [-0.3, -0.25) is 14.5 Å². The third-order valence-electron chi connectivity index (χ3n) is 7.33. The van der Waals surface area contributed by atoms with Crippen molar-refractivity contribution < 1.29 is 19.1 Å². The molecule has 37 heavy (non-hydrogen) atoms. The highest BCUT2D eigenvalue weighted by atomic mass is 16.5. The van der Waals surface area contributed by atoms with Crippen LogP contribution < -0.4 is 19.7 Å². The maximum absolute atomic E-state index is 14.0. The summed E-state index contributed by atoms with van der Waals surface area (Å²) in [6.45, 7) is 3.90. The summed E-state index contributed by atoms with van der Waals surface area (Å²) >= 11 is 0. The van der Waals surface area contributed by atoms with E-state index in [0.29, 0.717) is 36.3 Å². The molecule has 0 radical (unpaired) electrons. The van der Waals surface area contributed by atoms with Crippen molar-refractivity contribution >= 4 is 23.1 Å². The van der Waals surface area contributed by atoms with E-state index in [2.05, 4.69) is 5.32 Å². The summed E-state index contributed by atoms with van der Waals surface area (Å²) in [5.41, 5.74) is 6.21. The molecule has 1 heterocycles. The highest BCUT2D eigenvalue weighted by molar-refractivity contribution is 6.06. The second kappa shape index (κ2) is 10.1. The zero-order chi connectivity index (χ0) is 26.1. The van der Waals surface area contributed by atoms with E-state index in [4.69, 9.17) is 9.47 Å². The summed E-state index contributed by atoms with van der Waals surface area (Å²) in [5.74, 6) is 1.29. The number of nitrogens with zero attached hydrogens (tertiary/aromatic N) is 1. The molecule has 0 aromatic heterocycles. The van der Waals surface area contributed by atoms with Crippen LogP contribution in [0.2, 0.25) is 0 Å². The number of ketones is 1. The maximum atomic E-state index is 14.0. The molecule has 1 N–H and O–H groups in total. The zero-order valence-electron chi connectivity index (χ0n) is 21.7. The number of aryl methyl sites for hydroxylation is 1. The van der Waals surface area contributed by atoms with Gasteiger partial charge in [0, 0.05) is 24.1 Å². The molecular formula is C31H32N2O4. The lowest BCUT2D eigenvalue weighted by Crippen LogP contribution is -2.38. The van der Waals surface area contributed by atoms with Crippen molar-refractivity contribution in [1.29, 1.82) is 0 Å². The molecule has 1 aliphatic carbocycles. The molecule has 0 spiro atoms. The van der Waals surface area contributed by atoms with Crippen molar-refractivity contribution in [1.82, 2.24) is 0 Å². The summed E-state index contributed by atoms with van der Waals surface area (Å²) < 4.78 is 10.9. The van der Waals surface area contributed by atoms with Crippen LogP contribution in [0, 0.1) is 6.92 Å². The van der Waals surface area contributed by atoms with Gasteiger partial charge in [-0.1, -0.05) is 55.0 Å². The quantitative estimate of drug-likeness (QED) is 0.448. The van der Waals surface area contributed by atoms with Crippen molar-refractivity contribution in [2.45, 2.75) is 45.1 Å². The molecule has 0 fully saturated rings. The molecule has 190 valence electrons. The number of rotatable bonds is 5. The number of Topliss-reactive ketones (excluding diaryl/α,β-unsaturated/α-hetero) is 1. The predicted octanol–water partition coefficient (Wildman–Crippen LogP) is 6.32. The van der Waals surface area contributed by atoms with Crippen LogP contribution in [0.25, 0.3) is 0 Å². The number of carbonyl (C=O) groups is 2. The van der Waals surface area contributed by atoms with E-state index in [-0.39, 0.29) is 17.6 Å². The van der Waals surface area contributed by atoms with Crippen LogP contribution in [0.15, 0.2) is 78.0 Å². The van der Waals surface area contributed by atoms with Gasteiger partial charge in [-0.15, -0.1) is 0 Å². The Labute approximate surface area is 217 Å². The number of carbonyl (C=O) groups excluding carboxylic acids is 2. The minimum atomic E-state index is -0.502. The second-order valence-corrected chi connectivity index (χ2v) is 9.61. The average Bonchev–Trinajstić information content (AvgIpc) is 3.07. The number of methoxy groups -OCH3 is 2. The SMILES string of the molecule is CCC(=O)N1c2ccccc2NC2=C(C(=O)C[C@H](c3ccc(OC)c(OC)c3)C2)[C@H]1c1ccc(C)cc1. The van der Waals surface area contributed by atoms with Crippen molar-refractivity contribution in [3.05, 3.63) is 94.7 Å². The van der Waals surface area contributed by atoms with Crippen LogP contribution in [-0.4, -0.2) is 25.9 Å². The summed E-state index contributed by atoms with van der Waals surface area (Å²) in [4.78, 5) is 29.3. The van der Waals surface area contributed by atoms with Gasteiger partial charge in [-0.25, -0.2) is 0 Å². The smallest absolute Gasteiger partial charge is 0.227 e. The van der Waals surface area contributed by atoms with Gasteiger partial charge in [0.2, 0.25) is 5.91 Å². The molecule has 2 atom stereocenters. The van der Waals surface area contributed by atoms with Crippen LogP contribution in [0.5, 0.6) is 11.5 Å². The molecule has 1 aliphatic heterocycles. The Morgan fingerprint density at radius 3 is 2.35 bits per heavy atom. The van der Waals surface area contributed by atoms with Gasteiger partial charge in [-0.2, -0.15) is 0 Å². The van der Waals surface area contributed by atoms with Crippen LogP contribution in [0.4, 0.5) is 11.4 Å². The Morgan fingerprint density at radius 2 is 1.65 bits per heavy atom. The molecule has 0 bridgehead atoms. The summed E-state index contributed by atoms with van der Waals surface area (Å²) in [7, 11) is 3.23. The zero-order valence-corrected chi connectivity index (χ0v) is 21.7. The Balaban J connectivity index is 1.67. The average molecular weight is 497 g/mol. The Kier molecular flexibility index (Phi) is 6.74. The number of hydrogen-bond donors (Lipinski definition) is 1. The van der Waals surface area contributed by atoms with Gasteiger partial charge in [0.25, 0.3) is 0 Å². The summed E-state index contributed by atoms with van der Waals surface area (Å²) in [6.07, 6.45) is 1.33. The molecule has 2 aliphatic rings. The predicted molar refractivity (Wildman–Crippen MR) is 145 cm³/mol. The van der Waals surface area contributed by atoms with E-state index in [1.54, 1.807) is 14.2 Å². The third kappa shape index (κ3) is 4.48. The lowest BCUT2D eigenvalue weighted by atomic mass is 9.78. The molecule has 6 nitrogen and oxygen atoms in total. The van der Waals surface area contributed by atoms with E-state index in [1.165, 1.54) is 0 Å². The highest BCUT2D eigenvalue weighted by Crippen LogP contribution is 2.48. The fourth-order valence-corrected chi connectivity index (χ4v) is 5.44. The first-order valence-electron chi connectivity index (χ1n) is 12.7. The van der Waals surface area contributed by atoms with Crippen molar-refractivity contribution in [2.24, 2.45) is 0 Å². The van der Waals surface area contributed by atoms with Gasteiger partial charge in [0.1, 0.15) is 0 Å². The number of allylic oxidation sites excluding steroid dienone is 1. The van der Waals surface area contributed by atoms with Crippen molar-refractivity contribution in [2.75, 3.05) is 24.4 Å². The van der Waals surface area contributed by atoms with Crippen LogP contribution in [0.1, 0.15) is 54.8 Å². The number of benzene rings is 3. The van der Waals surface area contributed by atoms with Crippen molar-refractivity contribution in [3.63, 3.8) is 0 Å². The van der Waals surface area contributed by atoms with E-state index in [1.807, 2.05) is 85.5 Å². The lowest BCUT2D eigenvalue weighted by Gasteiger charge is -2.35. The lowest BCUT2D eigenvalue weighted by molar-refractivity contribution is -0.119. The number of nitrogens with one attached hydrogen (secondary N) is 1. The van der Waals surface area contributed by atoms with E-state index >= 15 is 0 Å². The van der Waals surface area contributed by atoms with Gasteiger partial charge in [0.15, 0.2) is 17.3 Å². The molecule has 6 heteroatoms. The standard InChI is InChI=1S/C31H32N2O4/c1-5-29(35)33-25-9-7-6-8-23(25)32-24-16-22(21-14-15-27(36-3)28(18-21)37-4)17-26(34)30(24)31(33)20-12-10-19(2)11-13-20/h6-15,18,22,31-32H,5,16-17H2,1-4H3/t22-,31-/m1/s1. The van der Waals surface area contributed by atoms with Gasteiger partial charge in [0.05, 0.1) is 31.6 Å². The van der Waals surface area contributed by atoms with Crippen LogP contribution >= 0.6 is 0 Å². The summed E-state index contributed by atoms with van der Waals surface area (Å²) in [6, 6.07) is 21.3. The molecular weight excluding hydrogens is 464 g/mol. The van der Waals surface area contributed by atoms with E-state index < -0.39 is 6.04 Å². The maximum Gasteiger partial charge on any atom is 0.227 e. The number of amides is 1. The highest BCUT2D eigenvalue weighted by Gasteiger charge is 2.41. The third-order valence-corrected chi connectivity index (χ3v) is 7.33. The van der Waals surface area contributed by atoms with Gasteiger partial charge >= 0.3 is 0 Å². The largest absolute Gasteiger partial charge is 0.493 e. The molecule has 3 aromatic carbocycles. The van der Waals surface area contributed by atoms with Gasteiger partial charge < -0.3 is 14.8 Å². The number of ether oxygens (including phenoxy) is 2. The molecule has 0 saturated heterocycles. The van der Waals surface area contributed by atoms with Crippen LogP contribution in [-0.2, 0) is 9.59 Å². The molecule has 0 saturated carbocycles.